The number of carboxylic acid groups (broad SMARTS) is 1. The molecule has 1 aromatic carbocycles. The number of benzene rings is 1. The standard InChI is InChI=1S/C23H26N6O7S2/c1-23(2,3)36-22(35)26-15(11-4-6-13(30)7-5-11)18(31)25-16-19(32)29-17(21(33)34)12(10-38-20(16)29)9-37-14-8-24-28-27-14/h4-8,15-16,20,30H,9-10H2,1-3H3,(H,25,31)(H,26,35)(H,33,34)(H,24,27,28)/t15?,16-,20-/m1/s1. The van der Waals surface area contributed by atoms with E-state index in [9.17, 15) is 29.4 Å². The smallest absolute Gasteiger partial charge is 0.408 e. The number of ether oxygens (including phenoxy) is 1. The van der Waals surface area contributed by atoms with Gasteiger partial charge < -0.3 is 25.6 Å². The number of aliphatic carboxylic acids is 1. The number of carbonyl (C=O) groups is 4. The molecule has 2 aromatic rings. The minimum atomic E-state index is -1.24. The van der Waals surface area contributed by atoms with Gasteiger partial charge in [-0.2, -0.15) is 10.3 Å². The van der Waals surface area contributed by atoms with Gasteiger partial charge in [0.25, 0.3) is 5.91 Å². The van der Waals surface area contributed by atoms with Crippen molar-refractivity contribution < 1.29 is 34.1 Å². The summed E-state index contributed by atoms with van der Waals surface area (Å²) >= 11 is 2.62. The monoisotopic (exact) mass is 562 g/mol. The Morgan fingerprint density at radius 3 is 2.61 bits per heavy atom. The number of nitrogens with one attached hydrogen (secondary N) is 3. The molecule has 5 N–H and O–H groups in total. The highest BCUT2D eigenvalue weighted by Gasteiger charge is 2.54. The van der Waals surface area contributed by atoms with E-state index in [1.54, 1.807) is 20.8 Å². The summed E-state index contributed by atoms with van der Waals surface area (Å²) in [7, 11) is 0. The predicted molar refractivity (Wildman–Crippen MR) is 137 cm³/mol. The van der Waals surface area contributed by atoms with Crippen molar-refractivity contribution in [3.05, 3.63) is 47.3 Å². The number of rotatable bonds is 8. The molecule has 13 nitrogen and oxygen atoms in total. The van der Waals surface area contributed by atoms with Gasteiger partial charge in [-0.1, -0.05) is 23.9 Å². The van der Waals surface area contributed by atoms with E-state index in [1.807, 2.05) is 0 Å². The maximum Gasteiger partial charge on any atom is 0.408 e. The van der Waals surface area contributed by atoms with Gasteiger partial charge in [-0.3, -0.25) is 14.5 Å². The molecule has 0 spiro atoms. The van der Waals surface area contributed by atoms with E-state index in [-0.39, 0.29) is 11.4 Å². The molecule has 1 saturated heterocycles. The highest BCUT2D eigenvalue weighted by molar-refractivity contribution is 8.01. The van der Waals surface area contributed by atoms with Gasteiger partial charge in [0.05, 0.1) is 6.20 Å². The van der Waals surface area contributed by atoms with Crippen molar-refractivity contribution in [2.75, 3.05) is 11.5 Å². The molecule has 4 rings (SSSR count). The fourth-order valence-electron chi connectivity index (χ4n) is 3.85. The number of β-lactam (4-membered cyclic amide) rings is 1. The summed E-state index contributed by atoms with van der Waals surface area (Å²) in [5.74, 6) is -1.88. The molecule has 1 unspecified atom stereocenters. The number of thioether (sulfide) groups is 2. The van der Waals surface area contributed by atoms with Gasteiger partial charge in [0, 0.05) is 11.5 Å². The van der Waals surface area contributed by atoms with E-state index in [0.717, 1.165) is 0 Å². The van der Waals surface area contributed by atoms with Crippen molar-refractivity contribution in [2.24, 2.45) is 0 Å². The van der Waals surface area contributed by atoms with Crippen LogP contribution >= 0.6 is 23.5 Å². The second-order valence-electron chi connectivity index (χ2n) is 9.42. The summed E-state index contributed by atoms with van der Waals surface area (Å²) in [6.07, 6.45) is 0.672. The molecule has 3 heterocycles. The minimum absolute atomic E-state index is 0.0286. The zero-order valence-electron chi connectivity index (χ0n) is 20.6. The number of alkyl carbamates (subject to hydrolysis) is 1. The number of amides is 3. The first kappa shape index (κ1) is 27.3. The average Bonchev–Trinajstić information content (AvgIpc) is 3.37. The van der Waals surface area contributed by atoms with E-state index in [0.29, 0.717) is 27.7 Å². The summed E-state index contributed by atoms with van der Waals surface area (Å²) in [6.45, 7) is 5.03. The van der Waals surface area contributed by atoms with E-state index in [2.05, 4.69) is 26.0 Å². The fourth-order valence-corrected chi connectivity index (χ4v) is 6.11. The van der Waals surface area contributed by atoms with E-state index >= 15 is 0 Å². The van der Waals surface area contributed by atoms with Crippen LogP contribution in [0.2, 0.25) is 0 Å². The lowest BCUT2D eigenvalue weighted by atomic mass is 10.0. The highest BCUT2D eigenvalue weighted by Crippen LogP contribution is 2.41. The zero-order chi connectivity index (χ0) is 27.6. The number of nitrogens with zero attached hydrogens (tertiary/aromatic N) is 3. The van der Waals surface area contributed by atoms with Crippen LogP contribution in [0.5, 0.6) is 5.75 Å². The number of carbonyl (C=O) groups excluding carboxylic acids is 3. The SMILES string of the molecule is CC(C)(C)OC(=O)NC(C(=O)N[C@@H]1C(=O)N2C(C(=O)O)=C(CSc3cn[nH]n3)CS[C@H]12)c1ccc(O)cc1. The van der Waals surface area contributed by atoms with Crippen molar-refractivity contribution in [1.29, 1.82) is 0 Å². The van der Waals surface area contributed by atoms with Gasteiger partial charge in [-0.15, -0.1) is 16.9 Å². The first-order valence-electron chi connectivity index (χ1n) is 11.4. The summed E-state index contributed by atoms with van der Waals surface area (Å²) in [4.78, 5) is 52.1. The molecule has 0 aliphatic carbocycles. The van der Waals surface area contributed by atoms with Crippen molar-refractivity contribution in [3.8, 4) is 5.75 Å². The Morgan fingerprint density at radius 1 is 1.29 bits per heavy atom. The maximum absolute atomic E-state index is 13.3. The van der Waals surface area contributed by atoms with Gasteiger partial charge in [0.1, 0.15) is 39.5 Å². The first-order valence-corrected chi connectivity index (χ1v) is 13.5. The number of fused-ring (bicyclic) bond motifs is 1. The van der Waals surface area contributed by atoms with Gasteiger partial charge in [-0.25, -0.2) is 9.59 Å². The molecule has 15 heteroatoms. The first-order chi connectivity index (χ1) is 17.9. The molecular formula is C23H26N6O7S2. The number of phenolic OH excluding ortho intramolecular Hbond substituents is 1. The number of aromatic amines is 1. The lowest BCUT2D eigenvalue weighted by Crippen LogP contribution is -2.71. The average molecular weight is 563 g/mol. The number of hydrogen-bond donors (Lipinski definition) is 5. The molecule has 38 heavy (non-hydrogen) atoms. The van der Waals surface area contributed by atoms with Crippen molar-refractivity contribution in [3.63, 3.8) is 0 Å². The van der Waals surface area contributed by atoms with Crippen molar-refractivity contribution in [2.45, 2.75) is 48.9 Å². The molecular weight excluding hydrogens is 536 g/mol. The number of carboxylic acids is 1. The number of hydrogen-bond acceptors (Lipinski definition) is 10. The lowest BCUT2D eigenvalue weighted by molar-refractivity contribution is -0.151. The number of H-pyrrole nitrogens is 1. The van der Waals surface area contributed by atoms with Crippen LogP contribution in [0, 0.1) is 0 Å². The van der Waals surface area contributed by atoms with Crippen LogP contribution in [0.15, 0.2) is 46.8 Å². The summed E-state index contributed by atoms with van der Waals surface area (Å²) in [6, 6.07) is 3.43. The van der Waals surface area contributed by atoms with E-state index in [4.69, 9.17) is 4.74 Å². The molecule has 0 bridgehead atoms. The Bertz CT molecular complexity index is 1260. The number of aromatic hydroxyl groups is 1. The summed E-state index contributed by atoms with van der Waals surface area (Å²) < 4.78 is 5.28. The topological polar surface area (TPSA) is 187 Å². The largest absolute Gasteiger partial charge is 0.508 e. The van der Waals surface area contributed by atoms with Crippen LogP contribution in [0.4, 0.5) is 4.79 Å². The second-order valence-corrected chi connectivity index (χ2v) is 11.5. The third-order valence-corrected chi connectivity index (χ3v) is 7.81. The van der Waals surface area contributed by atoms with Gasteiger partial charge in [0.2, 0.25) is 5.91 Å². The van der Waals surface area contributed by atoms with Crippen molar-refractivity contribution in [1.82, 2.24) is 30.9 Å². The van der Waals surface area contributed by atoms with Crippen LogP contribution in [-0.2, 0) is 19.1 Å². The van der Waals surface area contributed by atoms with Crippen LogP contribution in [-0.4, -0.2) is 82.9 Å². The molecule has 3 atom stereocenters. The Labute approximate surface area is 225 Å². The third kappa shape index (κ3) is 6.05. The lowest BCUT2D eigenvalue weighted by Gasteiger charge is -2.49. The van der Waals surface area contributed by atoms with Crippen molar-refractivity contribution >= 4 is 47.4 Å². The Hall–Kier alpha value is -3.72. The van der Waals surface area contributed by atoms with Crippen LogP contribution < -0.4 is 10.6 Å². The van der Waals surface area contributed by atoms with Gasteiger partial charge in [0.15, 0.2) is 0 Å². The van der Waals surface area contributed by atoms with E-state index < -0.39 is 46.9 Å². The van der Waals surface area contributed by atoms with Gasteiger partial charge >= 0.3 is 12.1 Å². The summed E-state index contributed by atoms with van der Waals surface area (Å²) in [5, 5.41) is 34.7. The fraction of sp³-hybridized carbons (Fsp3) is 0.391. The molecule has 202 valence electrons. The quantitative estimate of drug-likeness (QED) is 0.232. The second kappa shape index (κ2) is 10.9. The van der Waals surface area contributed by atoms with Crippen LogP contribution in [0.3, 0.4) is 0 Å². The van der Waals surface area contributed by atoms with Gasteiger partial charge in [-0.05, 0) is 44.0 Å². The predicted octanol–water partition coefficient (Wildman–Crippen LogP) is 1.61. The Balaban J connectivity index is 1.49. The maximum atomic E-state index is 13.3. The molecule has 3 amide bonds. The molecule has 0 saturated carbocycles. The molecule has 0 radical (unpaired) electrons. The van der Waals surface area contributed by atoms with Crippen LogP contribution in [0.25, 0.3) is 0 Å². The molecule has 1 fully saturated rings. The van der Waals surface area contributed by atoms with Crippen LogP contribution in [0.1, 0.15) is 32.4 Å². The zero-order valence-corrected chi connectivity index (χ0v) is 22.3. The highest BCUT2D eigenvalue weighted by atomic mass is 32.2. The Kier molecular flexibility index (Phi) is 7.87. The normalized spacial score (nSPS) is 19.8. The van der Waals surface area contributed by atoms with E-state index in [1.165, 1.54) is 58.9 Å². The number of phenols is 1. The minimum Gasteiger partial charge on any atom is -0.508 e. The Morgan fingerprint density at radius 2 is 2.00 bits per heavy atom. The molecule has 1 aromatic heterocycles. The number of aromatic nitrogens is 3. The molecule has 2 aliphatic rings. The summed E-state index contributed by atoms with van der Waals surface area (Å²) in [5.41, 5.74) is -0.0167. The molecule has 2 aliphatic heterocycles. The third-order valence-electron chi connectivity index (χ3n) is 5.48.